The molecule has 1 heterocycles. The molecule has 4 heteroatoms. The molecule has 3 rings (SSSR count). The number of nitrogens with zero attached hydrogens (tertiary/aromatic N) is 2. The number of hydrogen-bond acceptors (Lipinski definition) is 3. The van der Waals surface area contributed by atoms with Crippen molar-refractivity contribution in [3.8, 4) is 0 Å². The predicted molar refractivity (Wildman–Crippen MR) is 99.4 cm³/mol. The number of benzene rings is 2. The van der Waals surface area contributed by atoms with Gasteiger partial charge in [0.15, 0.2) is 0 Å². The molecule has 0 saturated heterocycles. The summed E-state index contributed by atoms with van der Waals surface area (Å²) in [5, 5.41) is 3.44. The summed E-state index contributed by atoms with van der Waals surface area (Å²) in [5.74, 6) is 0.148. The Morgan fingerprint density at radius 1 is 1.17 bits per heavy atom. The maximum absolute atomic E-state index is 12.7. The van der Waals surface area contributed by atoms with Crippen molar-refractivity contribution in [3.05, 3.63) is 59.7 Å². The SMILES string of the molecule is Cc1ccccc1CN(C)C(=O)CN1CCCNc2ccccc21. The fourth-order valence-corrected chi connectivity index (χ4v) is 3.09. The average Bonchev–Trinajstić information content (AvgIpc) is 2.79. The second-order valence-corrected chi connectivity index (χ2v) is 6.40. The van der Waals surface area contributed by atoms with Crippen LogP contribution >= 0.6 is 0 Å². The van der Waals surface area contributed by atoms with E-state index in [0.29, 0.717) is 13.1 Å². The quantitative estimate of drug-likeness (QED) is 0.938. The smallest absolute Gasteiger partial charge is 0.242 e. The van der Waals surface area contributed by atoms with Crippen molar-refractivity contribution in [2.45, 2.75) is 19.9 Å². The molecule has 1 N–H and O–H groups in total. The molecular formula is C20H25N3O. The fraction of sp³-hybridized carbons (Fsp3) is 0.350. The molecule has 2 aromatic carbocycles. The third kappa shape index (κ3) is 3.70. The summed E-state index contributed by atoms with van der Waals surface area (Å²) < 4.78 is 0. The Morgan fingerprint density at radius 2 is 1.92 bits per heavy atom. The zero-order valence-electron chi connectivity index (χ0n) is 14.5. The van der Waals surface area contributed by atoms with Crippen LogP contribution in [0.25, 0.3) is 0 Å². The van der Waals surface area contributed by atoms with Crippen LogP contribution in [-0.2, 0) is 11.3 Å². The Balaban J connectivity index is 1.69. The van der Waals surface area contributed by atoms with Gasteiger partial charge in [-0.3, -0.25) is 4.79 Å². The highest BCUT2D eigenvalue weighted by Gasteiger charge is 2.19. The fourth-order valence-electron chi connectivity index (χ4n) is 3.09. The van der Waals surface area contributed by atoms with E-state index in [9.17, 15) is 4.79 Å². The van der Waals surface area contributed by atoms with Gasteiger partial charge in [0.1, 0.15) is 0 Å². The third-order valence-corrected chi connectivity index (χ3v) is 4.59. The van der Waals surface area contributed by atoms with Crippen molar-refractivity contribution in [1.82, 2.24) is 4.90 Å². The molecule has 0 aromatic heterocycles. The molecule has 0 spiro atoms. The molecule has 0 atom stereocenters. The first-order chi connectivity index (χ1) is 11.6. The minimum Gasteiger partial charge on any atom is -0.383 e. The Hall–Kier alpha value is -2.49. The highest BCUT2D eigenvalue weighted by molar-refractivity contribution is 5.83. The van der Waals surface area contributed by atoms with Gasteiger partial charge in [0.25, 0.3) is 0 Å². The van der Waals surface area contributed by atoms with Crippen molar-refractivity contribution in [3.63, 3.8) is 0 Å². The lowest BCUT2D eigenvalue weighted by Gasteiger charge is -2.27. The predicted octanol–water partition coefficient (Wildman–Crippen LogP) is 3.28. The van der Waals surface area contributed by atoms with Gasteiger partial charge >= 0.3 is 0 Å². The lowest BCUT2D eigenvalue weighted by Crippen LogP contribution is -2.38. The largest absolute Gasteiger partial charge is 0.383 e. The maximum Gasteiger partial charge on any atom is 0.242 e. The summed E-state index contributed by atoms with van der Waals surface area (Å²) in [6.07, 6.45) is 1.03. The number of aryl methyl sites for hydroxylation is 1. The molecule has 2 aromatic rings. The normalized spacial score (nSPS) is 13.7. The van der Waals surface area contributed by atoms with Gasteiger partial charge in [-0.15, -0.1) is 0 Å². The van der Waals surface area contributed by atoms with Crippen molar-refractivity contribution in [2.24, 2.45) is 0 Å². The zero-order valence-corrected chi connectivity index (χ0v) is 14.5. The van der Waals surface area contributed by atoms with Crippen LogP contribution in [-0.4, -0.2) is 37.5 Å². The topological polar surface area (TPSA) is 35.6 Å². The van der Waals surface area contributed by atoms with Gasteiger partial charge in [0.05, 0.1) is 17.9 Å². The number of fused-ring (bicyclic) bond motifs is 1. The molecular weight excluding hydrogens is 298 g/mol. The lowest BCUT2D eigenvalue weighted by molar-refractivity contribution is -0.128. The maximum atomic E-state index is 12.7. The molecule has 1 aliphatic rings. The van der Waals surface area contributed by atoms with Crippen molar-refractivity contribution in [2.75, 3.05) is 36.9 Å². The minimum atomic E-state index is 0.148. The molecule has 0 radical (unpaired) electrons. The van der Waals surface area contributed by atoms with E-state index in [1.807, 2.05) is 36.2 Å². The van der Waals surface area contributed by atoms with Gasteiger partial charge < -0.3 is 15.1 Å². The van der Waals surface area contributed by atoms with Gasteiger partial charge in [0.2, 0.25) is 5.91 Å². The van der Waals surface area contributed by atoms with Crippen molar-refractivity contribution < 1.29 is 4.79 Å². The Bertz CT molecular complexity index is 714. The highest BCUT2D eigenvalue weighted by atomic mass is 16.2. The number of para-hydroxylation sites is 2. The molecule has 0 fully saturated rings. The molecule has 4 nitrogen and oxygen atoms in total. The number of carbonyl (C=O) groups is 1. The van der Waals surface area contributed by atoms with Crippen LogP contribution in [0.5, 0.6) is 0 Å². The van der Waals surface area contributed by atoms with Crippen molar-refractivity contribution >= 4 is 17.3 Å². The van der Waals surface area contributed by atoms with Crippen LogP contribution < -0.4 is 10.2 Å². The highest BCUT2D eigenvalue weighted by Crippen LogP contribution is 2.27. The van der Waals surface area contributed by atoms with Gasteiger partial charge in [-0.05, 0) is 36.6 Å². The van der Waals surface area contributed by atoms with Gasteiger partial charge in [-0.1, -0.05) is 36.4 Å². The standard InChI is InChI=1S/C20H25N3O/c1-16-8-3-4-9-17(16)14-22(2)20(24)15-23-13-7-12-21-18-10-5-6-11-19(18)23/h3-6,8-11,21H,7,12-15H2,1-2H3. The summed E-state index contributed by atoms with van der Waals surface area (Å²) in [7, 11) is 1.89. The summed E-state index contributed by atoms with van der Waals surface area (Å²) >= 11 is 0. The van der Waals surface area contributed by atoms with E-state index in [0.717, 1.165) is 30.9 Å². The van der Waals surface area contributed by atoms with E-state index >= 15 is 0 Å². The van der Waals surface area contributed by atoms with Gasteiger partial charge in [-0.2, -0.15) is 0 Å². The van der Waals surface area contributed by atoms with Crippen LogP contribution in [0, 0.1) is 6.92 Å². The van der Waals surface area contributed by atoms with E-state index in [4.69, 9.17) is 0 Å². The van der Waals surface area contributed by atoms with Gasteiger partial charge in [-0.25, -0.2) is 0 Å². The molecule has 1 aliphatic heterocycles. The van der Waals surface area contributed by atoms with Gasteiger partial charge in [0, 0.05) is 26.7 Å². The van der Waals surface area contributed by atoms with Crippen LogP contribution in [0.4, 0.5) is 11.4 Å². The lowest BCUT2D eigenvalue weighted by atomic mass is 10.1. The summed E-state index contributed by atoms with van der Waals surface area (Å²) in [4.78, 5) is 16.7. The Morgan fingerprint density at radius 3 is 2.75 bits per heavy atom. The first kappa shape index (κ1) is 16.4. The first-order valence-corrected chi connectivity index (χ1v) is 8.51. The number of carbonyl (C=O) groups excluding carboxylic acids is 1. The Labute approximate surface area is 144 Å². The number of likely N-dealkylation sites (N-methyl/N-ethyl adjacent to an activating group) is 1. The van der Waals surface area contributed by atoms with Crippen LogP contribution in [0.15, 0.2) is 48.5 Å². The Kier molecular flexibility index (Phi) is 5.04. The molecule has 126 valence electrons. The third-order valence-electron chi connectivity index (χ3n) is 4.59. The van der Waals surface area contributed by atoms with E-state index < -0.39 is 0 Å². The summed E-state index contributed by atoms with van der Waals surface area (Å²) in [5.41, 5.74) is 4.66. The molecule has 1 amide bonds. The number of hydrogen-bond donors (Lipinski definition) is 1. The van der Waals surface area contributed by atoms with Crippen LogP contribution in [0.1, 0.15) is 17.5 Å². The first-order valence-electron chi connectivity index (χ1n) is 8.51. The molecule has 0 aliphatic carbocycles. The van der Waals surface area contributed by atoms with Crippen LogP contribution in [0.3, 0.4) is 0 Å². The van der Waals surface area contributed by atoms with Crippen molar-refractivity contribution in [1.29, 1.82) is 0 Å². The second kappa shape index (κ2) is 7.39. The van der Waals surface area contributed by atoms with E-state index in [2.05, 4.69) is 41.4 Å². The van der Waals surface area contributed by atoms with E-state index in [-0.39, 0.29) is 5.91 Å². The number of anilines is 2. The van der Waals surface area contributed by atoms with E-state index in [1.54, 1.807) is 0 Å². The number of nitrogens with one attached hydrogen (secondary N) is 1. The molecule has 0 bridgehead atoms. The minimum absolute atomic E-state index is 0.148. The summed E-state index contributed by atoms with van der Waals surface area (Å²) in [6, 6.07) is 16.5. The molecule has 0 saturated carbocycles. The average molecular weight is 323 g/mol. The molecule has 0 unspecified atom stereocenters. The number of amides is 1. The monoisotopic (exact) mass is 323 g/mol. The van der Waals surface area contributed by atoms with E-state index in [1.165, 1.54) is 11.1 Å². The zero-order chi connectivity index (χ0) is 16.9. The molecule has 24 heavy (non-hydrogen) atoms. The number of rotatable bonds is 4. The summed E-state index contributed by atoms with van der Waals surface area (Å²) in [6.45, 7) is 5.00. The van der Waals surface area contributed by atoms with Crippen LogP contribution in [0.2, 0.25) is 0 Å². The second-order valence-electron chi connectivity index (χ2n) is 6.40.